The van der Waals surface area contributed by atoms with Crippen molar-refractivity contribution in [2.75, 3.05) is 28.2 Å². The summed E-state index contributed by atoms with van der Waals surface area (Å²) in [6, 6.07) is 15.2. The van der Waals surface area contributed by atoms with E-state index in [9.17, 15) is 14.4 Å². The summed E-state index contributed by atoms with van der Waals surface area (Å²) in [5.41, 5.74) is 3.37. The van der Waals surface area contributed by atoms with Crippen LogP contribution in [0.4, 0.5) is 17.1 Å². The molecule has 2 fully saturated rings. The third-order valence-corrected chi connectivity index (χ3v) is 5.68. The van der Waals surface area contributed by atoms with Crippen molar-refractivity contribution in [1.29, 1.82) is 0 Å². The number of hydrogen-bond donors (Lipinski definition) is 1. The zero-order valence-corrected chi connectivity index (χ0v) is 16.6. The van der Waals surface area contributed by atoms with Crippen molar-refractivity contribution < 1.29 is 14.4 Å². The molecule has 0 bridgehead atoms. The molecule has 6 heteroatoms. The molecule has 29 heavy (non-hydrogen) atoms. The molecule has 6 nitrogen and oxygen atoms in total. The minimum atomic E-state index is -0.421. The highest BCUT2D eigenvalue weighted by molar-refractivity contribution is 6.06. The Hall–Kier alpha value is -3.15. The molecule has 2 aliphatic heterocycles. The van der Waals surface area contributed by atoms with Crippen LogP contribution < -0.4 is 15.1 Å². The van der Waals surface area contributed by atoms with E-state index in [1.165, 1.54) is 5.56 Å². The van der Waals surface area contributed by atoms with E-state index in [0.717, 1.165) is 24.2 Å². The first kappa shape index (κ1) is 19.2. The quantitative estimate of drug-likeness (QED) is 0.850. The number of anilines is 3. The zero-order valence-electron chi connectivity index (χ0n) is 16.6. The molecule has 2 aliphatic rings. The highest BCUT2D eigenvalue weighted by atomic mass is 16.2. The normalized spacial score (nSPS) is 19.1. The van der Waals surface area contributed by atoms with Crippen LogP contribution in [0.5, 0.6) is 0 Å². The lowest BCUT2D eigenvalue weighted by Crippen LogP contribution is -2.29. The molecule has 150 valence electrons. The lowest BCUT2D eigenvalue weighted by atomic mass is 10.1. The van der Waals surface area contributed by atoms with Gasteiger partial charge in [0.1, 0.15) is 0 Å². The summed E-state index contributed by atoms with van der Waals surface area (Å²) < 4.78 is 0. The van der Waals surface area contributed by atoms with Crippen LogP contribution in [0.3, 0.4) is 0 Å². The lowest BCUT2D eigenvalue weighted by Gasteiger charge is -2.21. The third-order valence-electron chi connectivity index (χ3n) is 5.68. The molecule has 0 spiro atoms. The van der Waals surface area contributed by atoms with Gasteiger partial charge in [0.15, 0.2) is 0 Å². The van der Waals surface area contributed by atoms with Crippen molar-refractivity contribution >= 4 is 34.8 Å². The molecule has 2 aromatic rings. The summed E-state index contributed by atoms with van der Waals surface area (Å²) in [6.45, 7) is 3.11. The van der Waals surface area contributed by atoms with Gasteiger partial charge in [0, 0.05) is 31.6 Å². The van der Waals surface area contributed by atoms with Crippen LogP contribution in [-0.2, 0) is 20.8 Å². The molecule has 3 amide bonds. The standard InChI is InChI=1S/C23H25N3O3/c1-2-16-9-11-18(12-10-16)26-15-17(14-22(26)28)23(29)24-19-6-3-4-7-20(19)25-13-5-8-21(25)27/h3-4,6-7,9-12,17H,2,5,8,13-15H2,1H3,(H,24,29). The lowest BCUT2D eigenvalue weighted by molar-refractivity contribution is -0.122. The van der Waals surface area contributed by atoms with E-state index >= 15 is 0 Å². The fraction of sp³-hybridized carbons (Fsp3) is 0.348. The summed E-state index contributed by atoms with van der Waals surface area (Å²) in [5.74, 6) is -0.581. The number of hydrogen-bond acceptors (Lipinski definition) is 3. The number of aryl methyl sites for hydroxylation is 1. The van der Waals surface area contributed by atoms with Crippen molar-refractivity contribution in [2.24, 2.45) is 5.92 Å². The Morgan fingerprint density at radius 1 is 1.03 bits per heavy atom. The molecule has 2 heterocycles. The predicted molar refractivity (Wildman–Crippen MR) is 113 cm³/mol. The van der Waals surface area contributed by atoms with Gasteiger partial charge in [-0.05, 0) is 42.7 Å². The molecule has 0 saturated carbocycles. The van der Waals surface area contributed by atoms with Gasteiger partial charge in [-0.15, -0.1) is 0 Å². The van der Waals surface area contributed by atoms with E-state index in [1.54, 1.807) is 15.9 Å². The highest BCUT2D eigenvalue weighted by Gasteiger charge is 2.35. The Kier molecular flexibility index (Phi) is 5.34. The predicted octanol–water partition coefficient (Wildman–Crippen LogP) is 3.37. The minimum absolute atomic E-state index is 0.0441. The van der Waals surface area contributed by atoms with Gasteiger partial charge in [-0.3, -0.25) is 14.4 Å². The van der Waals surface area contributed by atoms with Crippen molar-refractivity contribution in [3.05, 3.63) is 54.1 Å². The maximum atomic E-state index is 12.9. The summed E-state index contributed by atoms with van der Waals surface area (Å²) in [4.78, 5) is 40.9. The van der Waals surface area contributed by atoms with E-state index in [1.807, 2.05) is 42.5 Å². The Morgan fingerprint density at radius 3 is 2.48 bits per heavy atom. The smallest absolute Gasteiger partial charge is 0.229 e. The summed E-state index contributed by atoms with van der Waals surface area (Å²) >= 11 is 0. The van der Waals surface area contributed by atoms with Gasteiger partial charge in [0.2, 0.25) is 17.7 Å². The van der Waals surface area contributed by atoms with Crippen LogP contribution in [0.15, 0.2) is 48.5 Å². The van der Waals surface area contributed by atoms with Crippen LogP contribution in [0.1, 0.15) is 31.7 Å². The Balaban J connectivity index is 1.47. The topological polar surface area (TPSA) is 69.7 Å². The third kappa shape index (κ3) is 3.88. The summed E-state index contributed by atoms with van der Waals surface area (Å²) in [5, 5.41) is 2.95. The molecule has 0 aliphatic carbocycles. The Morgan fingerprint density at radius 2 is 1.79 bits per heavy atom. The summed E-state index contributed by atoms with van der Waals surface area (Å²) in [7, 11) is 0. The van der Waals surface area contributed by atoms with E-state index in [0.29, 0.717) is 25.2 Å². The number of para-hydroxylation sites is 2. The molecule has 1 unspecified atom stereocenters. The second-order valence-electron chi connectivity index (χ2n) is 7.58. The molecule has 0 radical (unpaired) electrons. The molecule has 4 rings (SSSR count). The molecule has 0 aromatic heterocycles. The van der Waals surface area contributed by atoms with Crippen LogP contribution in [-0.4, -0.2) is 30.8 Å². The SMILES string of the molecule is CCc1ccc(N2CC(C(=O)Nc3ccccc3N3CCCC3=O)CC2=O)cc1. The summed E-state index contributed by atoms with van der Waals surface area (Å²) in [6.07, 6.45) is 2.49. The number of benzene rings is 2. The molecule has 2 aromatic carbocycles. The van der Waals surface area contributed by atoms with Gasteiger partial charge < -0.3 is 15.1 Å². The monoisotopic (exact) mass is 391 g/mol. The molecular weight excluding hydrogens is 366 g/mol. The van der Waals surface area contributed by atoms with Gasteiger partial charge in [-0.2, -0.15) is 0 Å². The average molecular weight is 391 g/mol. The second kappa shape index (κ2) is 8.07. The van der Waals surface area contributed by atoms with Gasteiger partial charge >= 0.3 is 0 Å². The molecular formula is C23H25N3O3. The maximum absolute atomic E-state index is 12.9. The van der Waals surface area contributed by atoms with Gasteiger partial charge in [-0.1, -0.05) is 31.2 Å². The van der Waals surface area contributed by atoms with E-state index in [4.69, 9.17) is 0 Å². The fourth-order valence-corrected chi connectivity index (χ4v) is 4.00. The van der Waals surface area contributed by atoms with Crippen molar-refractivity contribution in [1.82, 2.24) is 0 Å². The van der Waals surface area contributed by atoms with Crippen LogP contribution in [0, 0.1) is 5.92 Å². The van der Waals surface area contributed by atoms with Gasteiger partial charge in [0.25, 0.3) is 0 Å². The van der Waals surface area contributed by atoms with Gasteiger partial charge in [0.05, 0.1) is 17.3 Å². The molecule has 1 N–H and O–H groups in total. The van der Waals surface area contributed by atoms with E-state index in [-0.39, 0.29) is 24.1 Å². The van der Waals surface area contributed by atoms with Crippen LogP contribution in [0.2, 0.25) is 0 Å². The number of carbonyl (C=O) groups excluding carboxylic acids is 3. The minimum Gasteiger partial charge on any atom is -0.324 e. The first-order chi connectivity index (χ1) is 14.1. The largest absolute Gasteiger partial charge is 0.324 e. The van der Waals surface area contributed by atoms with E-state index in [2.05, 4.69) is 12.2 Å². The number of nitrogens with one attached hydrogen (secondary N) is 1. The number of rotatable bonds is 5. The fourth-order valence-electron chi connectivity index (χ4n) is 4.00. The first-order valence-electron chi connectivity index (χ1n) is 10.2. The van der Waals surface area contributed by atoms with Crippen molar-refractivity contribution in [2.45, 2.75) is 32.6 Å². The van der Waals surface area contributed by atoms with E-state index < -0.39 is 5.92 Å². The number of nitrogens with zero attached hydrogens (tertiary/aromatic N) is 2. The Bertz CT molecular complexity index is 939. The Labute approximate surface area is 170 Å². The number of amides is 3. The maximum Gasteiger partial charge on any atom is 0.229 e. The second-order valence-corrected chi connectivity index (χ2v) is 7.58. The first-order valence-corrected chi connectivity index (χ1v) is 10.2. The molecule has 2 saturated heterocycles. The van der Waals surface area contributed by atoms with Crippen molar-refractivity contribution in [3.63, 3.8) is 0 Å². The van der Waals surface area contributed by atoms with Crippen LogP contribution >= 0.6 is 0 Å². The zero-order chi connectivity index (χ0) is 20.4. The van der Waals surface area contributed by atoms with Gasteiger partial charge in [-0.25, -0.2) is 0 Å². The molecule has 1 atom stereocenters. The van der Waals surface area contributed by atoms with Crippen LogP contribution in [0.25, 0.3) is 0 Å². The average Bonchev–Trinajstić information content (AvgIpc) is 3.34. The number of carbonyl (C=O) groups is 3. The van der Waals surface area contributed by atoms with Crippen molar-refractivity contribution in [3.8, 4) is 0 Å². The highest BCUT2D eigenvalue weighted by Crippen LogP contribution is 2.31.